The van der Waals surface area contributed by atoms with E-state index in [4.69, 9.17) is 4.74 Å². The summed E-state index contributed by atoms with van der Waals surface area (Å²) in [6, 6.07) is 7.97. The van der Waals surface area contributed by atoms with E-state index >= 15 is 0 Å². The van der Waals surface area contributed by atoms with E-state index in [1.165, 1.54) is 28.5 Å². The van der Waals surface area contributed by atoms with Crippen molar-refractivity contribution in [2.75, 3.05) is 6.61 Å². The maximum Gasteiger partial charge on any atom is 0.344 e. The van der Waals surface area contributed by atoms with Gasteiger partial charge in [-0.25, -0.2) is 14.3 Å². The Balaban J connectivity index is 1.37. The molecule has 0 saturated heterocycles. The molecule has 1 amide bonds. The van der Waals surface area contributed by atoms with Crippen LogP contribution in [0.4, 0.5) is 0 Å². The number of carbonyl (C=O) groups is 2. The fourth-order valence-electron chi connectivity index (χ4n) is 3.83. The van der Waals surface area contributed by atoms with Crippen LogP contribution >= 0.6 is 0 Å². The number of esters is 1. The molecule has 1 atom stereocenters. The summed E-state index contributed by atoms with van der Waals surface area (Å²) in [5.41, 5.74) is 5.05. The van der Waals surface area contributed by atoms with E-state index in [0.717, 1.165) is 18.4 Å². The van der Waals surface area contributed by atoms with Crippen molar-refractivity contribution in [1.82, 2.24) is 19.9 Å². The predicted molar refractivity (Wildman–Crippen MR) is 108 cm³/mol. The maximum atomic E-state index is 12.5. The minimum absolute atomic E-state index is 0.159. The normalized spacial score (nSPS) is 14.3. The number of aromatic nitrogens is 3. The lowest BCUT2D eigenvalue weighted by atomic mass is 9.89. The molecule has 0 saturated carbocycles. The standard InChI is InChI=1S/C22H24N4O3/c1-14(17-9-8-16-6-3-4-7-18(16)12-17)24-19(27)13-29-22(28)20-15(2)25-26-11-5-10-23-21(20)26/h5,8-12,14H,3-4,6-7,13H2,1-2H3,(H,24,27). The molecule has 0 spiro atoms. The molecule has 3 aromatic rings. The van der Waals surface area contributed by atoms with Gasteiger partial charge in [-0.3, -0.25) is 4.79 Å². The summed E-state index contributed by atoms with van der Waals surface area (Å²) in [7, 11) is 0. The van der Waals surface area contributed by atoms with E-state index in [1.807, 2.05) is 6.92 Å². The van der Waals surface area contributed by atoms with Crippen LogP contribution in [0.2, 0.25) is 0 Å². The molecular formula is C22H24N4O3. The molecule has 7 heteroatoms. The zero-order valence-corrected chi connectivity index (χ0v) is 16.6. The van der Waals surface area contributed by atoms with Crippen molar-refractivity contribution < 1.29 is 14.3 Å². The van der Waals surface area contributed by atoms with Gasteiger partial charge in [0.05, 0.1) is 11.7 Å². The van der Waals surface area contributed by atoms with Gasteiger partial charge in [0, 0.05) is 12.4 Å². The summed E-state index contributed by atoms with van der Waals surface area (Å²) < 4.78 is 6.74. The zero-order valence-electron chi connectivity index (χ0n) is 16.6. The van der Waals surface area contributed by atoms with Crippen LogP contribution in [0.15, 0.2) is 36.7 Å². The van der Waals surface area contributed by atoms with Gasteiger partial charge in [0.2, 0.25) is 0 Å². The second-order valence-corrected chi connectivity index (χ2v) is 7.45. The second kappa shape index (κ2) is 8.03. The van der Waals surface area contributed by atoms with Crippen LogP contribution in [-0.4, -0.2) is 33.1 Å². The molecule has 1 aliphatic carbocycles. The van der Waals surface area contributed by atoms with Crippen molar-refractivity contribution in [3.05, 3.63) is 64.6 Å². The molecule has 2 heterocycles. The minimum Gasteiger partial charge on any atom is -0.452 e. The number of nitrogens with zero attached hydrogens (tertiary/aromatic N) is 3. The molecule has 150 valence electrons. The molecule has 0 aliphatic heterocycles. The maximum absolute atomic E-state index is 12.5. The molecule has 0 fully saturated rings. The first-order chi connectivity index (χ1) is 14.0. The van der Waals surface area contributed by atoms with E-state index in [1.54, 1.807) is 25.4 Å². The summed E-state index contributed by atoms with van der Waals surface area (Å²) in [5.74, 6) is -0.946. The fourth-order valence-corrected chi connectivity index (χ4v) is 3.83. The van der Waals surface area contributed by atoms with E-state index in [-0.39, 0.29) is 24.1 Å². The van der Waals surface area contributed by atoms with Crippen molar-refractivity contribution in [3.63, 3.8) is 0 Å². The average Bonchev–Trinajstić information content (AvgIpc) is 3.07. The number of nitrogens with one attached hydrogen (secondary N) is 1. The largest absolute Gasteiger partial charge is 0.452 e. The lowest BCUT2D eigenvalue weighted by Gasteiger charge is -2.20. The third-order valence-electron chi connectivity index (χ3n) is 5.36. The quantitative estimate of drug-likeness (QED) is 0.675. The third kappa shape index (κ3) is 3.99. The smallest absolute Gasteiger partial charge is 0.344 e. The Morgan fingerprint density at radius 2 is 2.03 bits per heavy atom. The first-order valence-electron chi connectivity index (χ1n) is 9.91. The van der Waals surface area contributed by atoms with E-state index in [9.17, 15) is 9.59 Å². The molecule has 4 rings (SSSR count). The van der Waals surface area contributed by atoms with Crippen LogP contribution in [0.3, 0.4) is 0 Å². The number of amides is 1. The lowest BCUT2D eigenvalue weighted by Crippen LogP contribution is -2.31. The molecule has 2 aromatic heterocycles. The summed E-state index contributed by atoms with van der Waals surface area (Å²) in [6.07, 6.45) is 7.97. The molecule has 1 unspecified atom stereocenters. The number of carbonyl (C=O) groups excluding carboxylic acids is 2. The lowest BCUT2D eigenvalue weighted by molar-refractivity contribution is -0.124. The highest BCUT2D eigenvalue weighted by Gasteiger charge is 2.21. The molecule has 7 nitrogen and oxygen atoms in total. The topological polar surface area (TPSA) is 85.6 Å². The molecule has 0 bridgehead atoms. The number of rotatable bonds is 5. The van der Waals surface area contributed by atoms with Crippen LogP contribution in [0.1, 0.15) is 58.5 Å². The van der Waals surface area contributed by atoms with E-state index in [0.29, 0.717) is 11.3 Å². The Bertz CT molecular complexity index is 1070. The first-order valence-corrected chi connectivity index (χ1v) is 9.91. The van der Waals surface area contributed by atoms with Crippen molar-refractivity contribution in [2.24, 2.45) is 0 Å². The van der Waals surface area contributed by atoms with Crippen LogP contribution < -0.4 is 5.32 Å². The number of benzene rings is 1. The Hall–Kier alpha value is -3.22. The summed E-state index contributed by atoms with van der Waals surface area (Å²) >= 11 is 0. The van der Waals surface area contributed by atoms with Gasteiger partial charge >= 0.3 is 5.97 Å². The molecule has 1 N–H and O–H groups in total. The first kappa shape index (κ1) is 19.1. The summed E-state index contributed by atoms with van der Waals surface area (Å²) in [6.45, 7) is 3.30. The zero-order chi connectivity index (χ0) is 20.4. The van der Waals surface area contributed by atoms with Gasteiger partial charge in [0.25, 0.3) is 5.91 Å². The van der Waals surface area contributed by atoms with Crippen LogP contribution in [0, 0.1) is 6.92 Å². The number of aryl methyl sites for hydroxylation is 3. The number of fused-ring (bicyclic) bond motifs is 2. The fraction of sp³-hybridized carbons (Fsp3) is 0.364. The highest BCUT2D eigenvalue weighted by atomic mass is 16.5. The molecule has 1 aromatic carbocycles. The molecular weight excluding hydrogens is 368 g/mol. The van der Waals surface area contributed by atoms with Crippen LogP contribution in [-0.2, 0) is 22.4 Å². The van der Waals surface area contributed by atoms with E-state index < -0.39 is 5.97 Å². The van der Waals surface area contributed by atoms with Gasteiger partial charge in [0.1, 0.15) is 5.56 Å². The Morgan fingerprint density at radius 3 is 2.86 bits per heavy atom. The van der Waals surface area contributed by atoms with Gasteiger partial charge in [-0.2, -0.15) is 5.10 Å². The van der Waals surface area contributed by atoms with Crippen molar-refractivity contribution >= 4 is 17.5 Å². The highest BCUT2D eigenvalue weighted by Crippen LogP contribution is 2.24. The van der Waals surface area contributed by atoms with Gasteiger partial charge in [-0.05, 0) is 62.3 Å². The van der Waals surface area contributed by atoms with Gasteiger partial charge in [0.15, 0.2) is 12.3 Å². The van der Waals surface area contributed by atoms with Crippen molar-refractivity contribution in [2.45, 2.75) is 45.6 Å². The Morgan fingerprint density at radius 1 is 1.24 bits per heavy atom. The molecule has 1 aliphatic rings. The van der Waals surface area contributed by atoms with E-state index in [2.05, 4.69) is 33.6 Å². The van der Waals surface area contributed by atoms with Crippen LogP contribution in [0.25, 0.3) is 5.65 Å². The average molecular weight is 392 g/mol. The minimum atomic E-state index is -0.604. The molecule has 29 heavy (non-hydrogen) atoms. The Labute approximate surface area is 169 Å². The number of hydrogen-bond donors (Lipinski definition) is 1. The third-order valence-corrected chi connectivity index (χ3v) is 5.36. The monoisotopic (exact) mass is 392 g/mol. The number of hydrogen-bond acceptors (Lipinski definition) is 5. The van der Waals surface area contributed by atoms with Gasteiger partial charge in [-0.15, -0.1) is 0 Å². The second-order valence-electron chi connectivity index (χ2n) is 7.45. The Kier molecular flexibility index (Phi) is 5.29. The van der Waals surface area contributed by atoms with Crippen LogP contribution in [0.5, 0.6) is 0 Å². The van der Waals surface area contributed by atoms with Gasteiger partial charge < -0.3 is 10.1 Å². The SMILES string of the molecule is Cc1nn2cccnc2c1C(=O)OCC(=O)NC(C)c1ccc2c(c1)CCCC2. The summed E-state index contributed by atoms with van der Waals surface area (Å²) in [4.78, 5) is 29.0. The predicted octanol–water partition coefficient (Wildman–Crippen LogP) is 2.95. The van der Waals surface area contributed by atoms with Crippen molar-refractivity contribution in [1.29, 1.82) is 0 Å². The summed E-state index contributed by atoms with van der Waals surface area (Å²) in [5, 5.41) is 7.14. The highest BCUT2D eigenvalue weighted by molar-refractivity contribution is 5.98. The van der Waals surface area contributed by atoms with Crippen molar-refractivity contribution in [3.8, 4) is 0 Å². The number of ether oxygens (including phenoxy) is 1. The van der Waals surface area contributed by atoms with Gasteiger partial charge in [-0.1, -0.05) is 18.2 Å². The molecule has 0 radical (unpaired) electrons.